The second-order valence-corrected chi connectivity index (χ2v) is 5.32. The van der Waals surface area contributed by atoms with Crippen LogP contribution in [0.3, 0.4) is 0 Å². The van der Waals surface area contributed by atoms with Crippen LogP contribution in [0, 0.1) is 0 Å². The third-order valence-corrected chi connectivity index (χ3v) is 3.94. The Balaban J connectivity index is 1.81. The predicted molar refractivity (Wildman–Crippen MR) is 82.1 cm³/mol. The first kappa shape index (κ1) is 14.1. The summed E-state index contributed by atoms with van der Waals surface area (Å²) in [6.45, 7) is 3.91. The number of ether oxygens (including phenoxy) is 1. The van der Waals surface area contributed by atoms with E-state index in [2.05, 4.69) is 23.5 Å². The van der Waals surface area contributed by atoms with E-state index in [1.165, 1.54) is 10.9 Å². The molecular formula is C16H21N3O2. The van der Waals surface area contributed by atoms with Crippen molar-refractivity contribution in [2.75, 3.05) is 33.4 Å². The van der Waals surface area contributed by atoms with Gasteiger partial charge in [-0.05, 0) is 24.7 Å². The van der Waals surface area contributed by atoms with Crippen molar-refractivity contribution in [1.82, 2.24) is 14.8 Å². The van der Waals surface area contributed by atoms with Crippen LogP contribution in [0.2, 0.25) is 0 Å². The van der Waals surface area contributed by atoms with Crippen molar-refractivity contribution in [2.24, 2.45) is 0 Å². The molecule has 1 fully saturated rings. The molecule has 112 valence electrons. The van der Waals surface area contributed by atoms with E-state index in [1.54, 1.807) is 0 Å². The number of aromatic nitrogens is 1. The molecule has 1 aliphatic heterocycles. The first-order chi connectivity index (χ1) is 10.3. The Morgan fingerprint density at radius 2 is 2.10 bits per heavy atom. The Hall–Kier alpha value is -1.85. The van der Waals surface area contributed by atoms with Crippen LogP contribution in [0.25, 0.3) is 10.9 Å². The fourth-order valence-corrected chi connectivity index (χ4v) is 2.83. The van der Waals surface area contributed by atoms with Gasteiger partial charge in [-0.1, -0.05) is 12.1 Å². The van der Waals surface area contributed by atoms with E-state index >= 15 is 0 Å². The lowest BCUT2D eigenvalue weighted by atomic mass is 10.1. The largest absolute Gasteiger partial charge is 0.378 e. The second-order valence-electron chi connectivity index (χ2n) is 5.32. The van der Waals surface area contributed by atoms with E-state index in [0.717, 1.165) is 12.1 Å². The molecule has 1 aromatic carbocycles. The summed E-state index contributed by atoms with van der Waals surface area (Å²) in [5.41, 5.74) is 2.37. The topological polar surface area (TPSA) is 46.5 Å². The van der Waals surface area contributed by atoms with Crippen molar-refractivity contribution in [3.63, 3.8) is 0 Å². The maximum atomic E-state index is 12.4. The molecule has 0 bridgehead atoms. The van der Waals surface area contributed by atoms with Crippen molar-refractivity contribution < 1.29 is 9.53 Å². The summed E-state index contributed by atoms with van der Waals surface area (Å²) >= 11 is 0. The summed E-state index contributed by atoms with van der Waals surface area (Å²) in [6.07, 6.45) is 2.00. The van der Waals surface area contributed by atoms with Crippen molar-refractivity contribution in [1.29, 1.82) is 0 Å². The summed E-state index contributed by atoms with van der Waals surface area (Å²) in [5.74, 6) is 0.162. The van der Waals surface area contributed by atoms with Crippen molar-refractivity contribution >= 4 is 16.8 Å². The van der Waals surface area contributed by atoms with Crippen molar-refractivity contribution in [3.05, 3.63) is 36.0 Å². The Morgan fingerprint density at radius 1 is 1.29 bits per heavy atom. The quantitative estimate of drug-likeness (QED) is 0.920. The van der Waals surface area contributed by atoms with E-state index in [0.29, 0.717) is 32.8 Å². The Morgan fingerprint density at radius 3 is 2.86 bits per heavy atom. The number of amides is 1. The number of nitrogens with zero attached hydrogens (tertiary/aromatic N) is 2. The molecule has 0 saturated carbocycles. The lowest BCUT2D eigenvalue weighted by Gasteiger charge is -2.27. The van der Waals surface area contributed by atoms with Gasteiger partial charge in [0, 0.05) is 36.7 Å². The van der Waals surface area contributed by atoms with Gasteiger partial charge >= 0.3 is 0 Å². The van der Waals surface area contributed by atoms with Crippen LogP contribution in [0.5, 0.6) is 0 Å². The zero-order chi connectivity index (χ0) is 14.7. The van der Waals surface area contributed by atoms with Gasteiger partial charge in [0.25, 0.3) is 0 Å². The zero-order valence-electron chi connectivity index (χ0n) is 12.3. The molecule has 21 heavy (non-hydrogen) atoms. The lowest BCUT2D eigenvalue weighted by Crippen LogP contribution is -2.42. The second kappa shape index (κ2) is 6.28. The van der Waals surface area contributed by atoms with Crippen LogP contribution in [0.1, 0.15) is 5.56 Å². The molecule has 0 radical (unpaired) electrons. The number of benzene rings is 1. The molecule has 1 saturated heterocycles. The molecule has 2 heterocycles. The molecule has 1 amide bonds. The number of carbonyl (C=O) groups is 1. The van der Waals surface area contributed by atoms with Crippen LogP contribution in [-0.4, -0.2) is 48.7 Å². The fraction of sp³-hybridized carbons (Fsp3) is 0.438. The third kappa shape index (κ3) is 2.94. The Bertz CT molecular complexity index is 629. The van der Waals surface area contributed by atoms with Gasteiger partial charge in [0.2, 0.25) is 5.91 Å². The standard InChI is InChI=1S/C16H21N3O2/c1-17-11-13-3-2-4-15-14(13)5-6-19(15)12-16(20)18-7-9-21-10-8-18/h2-6,17H,7-12H2,1H3. The van der Waals surface area contributed by atoms with Gasteiger partial charge in [0.15, 0.2) is 0 Å². The summed E-state index contributed by atoms with van der Waals surface area (Å²) < 4.78 is 7.32. The molecule has 1 N–H and O–H groups in total. The normalized spacial score (nSPS) is 15.6. The molecule has 1 aliphatic rings. The van der Waals surface area contributed by atoms with E-state index in [4.69, 9.17) is 4.74 Å². The van der Waals surface area contributed by atoms with Crippen LogP contribution >= 0.6 is 0 Å². The van der Waals surface area contributed by atoms with Crippen molar-refractivity contribution in [3.8, 4) is 0 Å². The van der Waals surface area contributed by atoms with Gasteiger partial charge in [-0.3, -0.25) is 4.79 Å². The maximum Gasteiger partial charge on any atom is 0.242 e. The fourth-order valence-electron chi connectivity index (χ4n) is 2.83. The number of hydrogen-bond donors (Lipinski definition) is 1. The highest BCUT2D eigenvalue weighted by Gasteiger charge is 2.17. The molecule has 5 nitrogen and oxygen atoms in total. The highest BCUT2D eigenvalue weighted by molar-refractivity contribution is 5.86. The molecule has 0 spiro atoms. The minimum atomic E-state index is 0.162. The van der Waals surface area contributed by atoms with Crippen LogP contribution in [-0.2, 0) is 22.6 Å². The van der Waals surface area contributed by atoms with Crippen LogP contribution < -0.4 is 5.32 Å². The number of morpholine rings is 1. The van der Waals surface area contributed by atoms with E-state index in [1.807, 2.05) is 28.8 Å². The maximum absolute atomic E-state index is 12.4. The highest BCUT2D eigenvalue weighted by Crippen LogP contribution is 2.20. The minimum absolute atomic E-state index is 0.162. The summed E-state index contributed by atoms with van der Waals surface area (Å²) in [4.78, 5) is 14.2. The van der Waals surface area contributed by atoms with Gasteiger partial charge in [-0.25, -0.2) is 0 Å². The van der Waals surface area contributed by atoms with Gasteiger partial charge in [-0.15, -0.1) is 0 Å². The van der Waals surface area contributed by atoms with Crippen LogP contribution in [0.4, 0.5) is 0 Å². The third-order valence-electron chi connectivity index (χ3n) is 3.94. The first-order valence-electron chi connectivity index (χ1n) is 7.36. The summed E-state index contributed by atoms with van der Waals surface area (Å²) in [7, 11) is 1.94. The smallest absolute Gasteiger partial charge is 0.242 e. The molecule has 0 unspecified atom stereocenters. The lowest BCUT2D eigenvalue weighted by molar-refractivity contribution is -0.135. The molecule has 1 aromatic heterocycles. The molecular weight excluding hydrogens is 266 g/mol. The molecule has 0 atom stereocenters. The van der Waals surface area contributed by atoms with E-state index in [9.17, 15) is 4.79 Å². The summed E-state index contributed by atoms with van der Waals surface area (Å²) in [6, 6.07) is 8.33. The average Bonchev–Trinajstić information content (AvgIpc) is 2.93. The monoisotopic (exact) mass is 287 g/mol. The molecule has 5 heteroatoms. The number of hydrogen-bond acceptors (Lipinski definition) is 3. The van der Waals surface area contributed by atoms with Gasteiger partial charge in [0.1, 0.15) is 6.54 Å². The first-order valence-corrected chi connectivity index (χ1v) is 7.36. The van der Waals surface area contributed by atoms with Crippen molar-refractivity contribution in [2.45, 2.75) is 13.1 Å². The molecule has 0 aliphatic carbocycles. The van der Waals surface area contributed by atoms with Gasteiger partial charge < -0.3 is 19.5 Å². The average molecular weight is 287 g/mol. The van der Waals surface area contributed by atoms with E-state index in [-0.39, 0.29) is 5.91 Å². The van der Waals surface area contributed by atoms with Gasteiger partial charge in [0.05, 0.1) is 13.2 Å². The van der Waals surface area contributed by atoms with Gasteiger partial charge in [-0.2, -0.15) is 0 Å². The zero-order valence-corrected chi connectivity index (χ0v) is 12.3. The number of nitrogens with one attached hydrogen (secondary N) is 1. The highest BCUT2D eigenvalue weighted by atomic mass is 16.5. The summed E-state index contributed by atoms with van der Waals surface area (Å²) in [5, 5.41) is 4.39. The van der Waals surface area contributed by atoms with E-state index < -0.39 is 0 Å². The Kier molecular flexibility index (Phi) is 4.22. The molecule has 3 rings (SSSR count). The number of rotatable bonds is 4. The minimum Gasteiger partial charge on any atom is -0.378 e. The SMILES string of the molecule is CNCc1cccc2c1ccn2CC(=O)N1CCOCC1. The number of carbonyl (C=O) groups excluding carboxylic acids is 1. The van der Waals surface area contributed by atoms with Crippen LogP contribution in [0.15, 0.2) is 30.5 Å². The number of fused-ring (bicyclic) bond motifs is 1. The molecule has 2 aromatic rings. The predicted octanol–water partition coefficient (Wildman–Crippen LogP) is 1.22. The Labute approximate surface area is 124 Å².